The molecule has 2 aliphatic heterocycles. The van der Waals surface area contributed by atoms with Crippen LogP contribution < -0.4 is 10.9 Å². The molecule has 0 unspecified atom stereocenters. The van der Waals surface area contributed by atoms with Gasteiger partial charge in [0.05, 0.1) is 26.3 Å². The van der Waals surface area contributed by atoms with Gasteiger partial charge in [0, 0.05) is 13.1 Å². The molecule has 2 amide bonds. The van der Waals surface area contributed by atoms with Crippen molar-refractivity contribution in [2.45, 2.75) is 79.4 Å². The van der Waals surface area contributed by atoms with Gasteiger partial charge in [-0.25, -0.2) is 19.6 Å². The van der Waals surface area contributed by atoms with Crippen LogP contribution in [0.3, 0.4) is 0 Å². The van der Waals surface area contributed by atoms with E-state index in [1.54, 1.807) is 41.5 Å². The molecule has 172 valence electrons. The van der Waals surface area contributed by atoms with Crippen LogP contribution in [0.1, 0.15) is 68.2 Å². The van der Waals surface area contributed by atoms with E-state index in [-0.39, 0.29) is 20.5 Å². The van der Waals surface area contributed by atoms with Crippen LogP contribution in [0, 0.1) is 0 Å². The Morgan fingerprint density at radius 2 is 1.14 bits per heavy atom. The van der Waals surface area contributed by atoms with E-state index in [9.17, 15) is 9.59 Å². The second kappa shape index (κ2) is 12.9. The highest BCUT2D eigenvalue weighted by Crippen LogP contribution is 2.16. The van der Waals surface area contributed by atoms with Crippen molar-refractivity contribution in [1.29, 1.82) is 0 Å². The van der Waals surface area contributed by atoms with Gasteiger partial charge >= 0.3 is 12.2 Å². The van der Waals surface area contributed by atoms with Gasteiger partial charge in [-0.1, -0.05) is 13.8 Å². The summed E-state index contributed by atoms with van der Waals surface area (Å²) >= 11 is 0. The molecule has 9 nitrogen and oxygen atoms in total. The van der Waals surface area contributed by atoms with E-state index in [4.69, 9.17) is 14.2 Å². The maximum Gasteiger partial charge on any atom is 0.429 e. The summed E-state index contributed by atoms with van der Waals surface area (Å²) in [6, 6.07) is 0. The minimum absolute atomic E-state index is 0. The number of hydrazine groups is 2. The minimum atomic E-state index is -0.635. The van der Waals surface area contributed by atoms with Gasteiger partial charge in [0.25, 0.3) is 0 Å². The number of carbonyl (C=O) groups is 2. The van der Waals surface area contributed by atoms with Crippen LogP contribution >= 0.6 is 0 Å². The first-order valence-corrected chi connectivity index (χ1v) is 10.0. The van der Waals surface area contributed by atoms with Gasteiger partial charge in [0.1, 0.15) is 11.2 Å². The van der Waals surface area contributed by atoms with Gasteiger partial charge in [-0.3, -0.25) is 10.9 Å². The zero-order valence-electron chi connectivity index (χ0n) is 18.3. The molecule has 0 aromatic carbocycles. The quantitative estimate of drug-likeness (QED) is 0.623. The van der Waals surface area contributed by atoms with Crippen LogP contribution in [0.2, 0.25) is 0 Å². The Balaban J connectivity index is 0.000000824. The summed E-state index contributed by atoms with van der Waals surface area (Å²) < 4.78 is 16.0. The molecule has 29 heavy (non-hydrogen) atoms. The van der Waals surface area contributed by atoms with Gasteiger partial charge in [-0.15, -0.1) is 0 Å². The van der Waals surface area contributed by atoms with Gasteiger partial charge < -0.3 is 14.2 Å². The summed E-state index contributed by atoms with van der Waals surface area (Å²) in [6.07, 6.45) is 2.86. The van der Waals surface area contributed by atoms with E-state index in [1.807, 2.05) is 0 Å². The van der Waals surface area contributed by atoms with Crippen LogP contribution in [-0.4, -0.2) is 72.8 Å². The molecule has 0 bridgehead atoms. The first-order chi connectivity index (χ1) is 13.0. The fourth-order valence-corrected chi connectivity index (χ4v) is 2.43. The smallest absolute Gasteiger partial charge is 0.429 e. The van der Waals surface area contributed by atoms with E-state index < -0.39 is 23.4 Å². The van der Waals surface area contributed by atoms with Crippen LogP contribution in [-0.2, 0) is 14.2 Å². The molecule has 0 aromatic heterocycles. The average molecular weight is 419 g/mol. The van der Waals surface area contributed by atoms with Crippen molar-refractivity contribution in [1.82, 2.24) is 20.9 Å². The number of nitrogens with one attached hydrogen (secondary N) is 2. The minimum Gasteiger partial charge on any atom is -0.442 e. The molecule has 2 aliphatic rings. The van der Waals surface area contributed by atoms with E-state index >= 15 is 0 Å². The second-order valence-electron chi connectivity index (χ2n) is 8.73. The predicted octanol–water partition coefficient (Wildman–Crippen LogP) is 3.31. The summed E-state index contributed by atoms with van der Waals surface area (Å²) in [5, 5.41) is 2.48. The standard InChI is InChI=1S/C14H26N2O5.C5H12N2.CH4/c1-13(2,3)20-11(17)15-7-9-19-10-8-16(15)12(18)21-14(4,5)6;1-2-4-6-7-5-3-1;/h7-10H2,1-6H3;6-7H,1-5H2;1H4. The van der Waals surface area contributed by atoms with Crippen LogP contribution in [0.15, 0.2) is 0 Å². The van der Waals surface area contributed by atoms with Crippen molar-refractivity contribution in [3.8, 4) is 0 Å². The molecule has 0 atom stereocenters. The largest absolute Gasteiger partial charge is 0.442 e. The molecule has 2 saturated heterocycles. The molecule has 2 heterocycles. The van der Waals surface area contributed by atoms with E-state index in [0.717, 1.165) is 13.1 Å². The Bertz CT molecular complexity index is 433. The number of hydrogen-bond acceptors (Lipinski definition) is 7. The van der Waals surface area contributed by atoms with Crippen molar-refractivity contribution < 1.29 is 23.8 Å². The summed E-state index contributed by atoms with van der Waals surface area (Å²) in [5.74, 6) is 0. The van der Waals surface area contributed by atoms with Crippen molar-refractivity contribution in [3.63, 3.8) is 0 Å². The Kier molecular flexibility index (Phi) is 12.2. The number of hydrogen-bond donors (Lipinski definition) is 2. The Morgan fingerprint density at radius 1 is 0.759 bits per heavy atom. The third kappa shape index (κ3) is 12.6. The Hall–Kier alpha value is -1.58. The number of carbonyl (C=O) groups excluding carboxylic acids is 2. The molecular formula is C20H42N4O5. The third-order valence-corrected chi connectivity index (χ3v) is 3.62. The number of amides is 2. The molecule has 0 saturated carbocycles. The SMILES string of the molecule is C.C1CCNNCC1.CC(C)(C)OC(=O)N1CCOCCN1C(=O)OC(C)(C)C. The molecule has 0 radical (unpaired) electrons. The number of ether oxygens (including phenoxy) is 3. The van der Waals surface area contributed by atoms with Gasteiger partial charge in [0.2, 0.25) is 0 Å². The zero-order chi connectivity index (χ0) is 21.2. The van der Waals surface area contributed by atoms with Crippen LogP contribution in [0.5, 0.6) is 0 Å². The molecule has 9 heteroatoms. The molecule has 2 rings (SSSR count). The number of nitrogens with zero attached hydrogens (tertiary/aromatic N) is 2. The maximum absolute atomic E-state index is 12.2. The maximum atomic E-state index is 12.2. The lowest BCUT2D eigenvalue weighted by molar-refractivity contribution is -0.0572. The normalized spacial score (nSPS) is 18.3. The molecule has 0 spiro atoms. The molecular weight excluding hydrogens is 376 g/mol. The lowest BCUT2D eigenvalue weighted by Crippen LogP contribution is -2.53. The van der Waals surface area contributed by atoms with Crippen molar-refractivity contribution in [2.75, 3.05) is 39.4 Å². The second-order valence-corrected chi connectivity index (χ2v) is 8.73. The third-order valence-electron chi connectivity index (χ3n) is 3.62. The Labute approximate surface area is 176 Å². The average Bonchev–Trinajstić information content (AvgIpc) is 2.97. The molecule has 0 aromatic rings. The highest BCUT2D eigenvalue weighted by atomic mass is 16.6. The molecule has 0 aliphatic carbocycles. The van der Waals surface area contributed by atoms with Gasteiger partial charge in [-0.2, -0.15) is 0 Å². The fraction of sp³-hybridized carbons (Fsp3) is 0.900. The lowest BCUT2D eigenvalue weighted by Gasteiger charge is -2.34. The summed E-state index contributed by atoms with van der Waals surface area (Å²) in [5.41, 5.74) is 4.92. The van der Waals surface area contributed by atoms with E-state index in [0.29, 0.717) is 13.2 Å². The van der Waals surface area contributed by atoms with E-state index in [1.165, 1.54) is 29.3 Å². The molecule has 2 fully saturated rings. The monoisotopic (exact) mass is 418 g/mol. The van der Waals surface area contributed by atoms with Crippen molar-refractivity contribution in [2.24, 2.45) is 0 Å². The van der Waals surface area contributed by atoms with Gasteiger partial charge in [0.15, 0.2) is 0 Å². The highest BCUT2D eigenvalue weighted by Gasteiger charge is 2.33. The van der Waals surface area contributed by atoms with Crippen LogP contribution in [0.4, 0.5) is 9.59 Å². The fourth-order valence-electron chi connectivity index (χ4n) is 2.43. The lowest BCUT2D eigenvalue weighted by atomic mass is 10.2. The highest BCUT2D eigenvalue weighted by molar-refractivity contribution is 5.74. The van der Waals surface area contributed by atoms with Gasteiger partial charge in [-0.05, 0) is 54.4 Å². The zero-order valence-corrected chi connectivity index (χ0v) is 18.3. The summed E-state index contributed by atoms with van der Waals surface area (Å²) in [4.78, 5) is 24.5. The Morgan fingerprint density at radius 3 is 1.48 bits per heavy atom. The van der Waals surface area contributed by atoms with Crippen molar-refractivity contribution in [3.05, 3.63) is 0 Å². The van der Waals surface area contributed by atoms with E-state index in [2.05, 4.69) is 10.9 Å². The first kappa shape index (κ1) is 27.4. The first-order valence-electron chi connectivity index (χ1n) is 10.0. The van der Waals surface area contributed by atoms with Crippen molar-refractivity contribution >= 4 is 12.2 Å². The predicted molar refractivity (Wildman–Crippen MR) is 113 cm³/mol. The number of rotatable bonds is 0. The summed E-state index contributed by atoms with van der Waals surface area (Å²) in [7, 11) is 0. The summed E-state index contributed by atoms with van der Waals surface area (Å²) in [6.45, 7) is 14.1. The topological polar surface area (TPSA) is 92.4 Å². The molecule has 2 N–H and O–H groups in total. The van der Waals surface area contributed by atoms with Crippen LogP contribution in [0.25, 0.3) is 0 Å².